The van der Waals surface area contributed by atoms with Crippen LogP contribution >= 0.6 is 0 Å². The summed E-state index contributed by atoms with van der Waals surface area (Å²) < 4.78 is 17.9. The van der Waals surface area contributed by atoms with E-state index < -0.39 is 18.3 Å². The fraction of sp³-hybridized carbons (Fsp3) is 0.647. The number of nitrogens with zero attached hydrogens (tertiary/aromatic N) is 2. The molecule has 1 aromatic heterocycles. The fourth-order valence-corrected chi connectivity index (χ4v) is 2.83. The zero-order chi connectivity index (χ0) is 17.4. The maximum Gasteiger partial charge on any atom is 0.496 e. The summed E-state index contributed by atoms with van der Waals surface area (Å²) in [7, 11) is -0.528. The van der Waals surface area contributed by atoms with Gasteiger partial charge >= 0.3 is 7.12 Å². The molecule has 0 bridgehead atoms. The van der Waals surface area contributed by atoms with Gasteiger partial charge in [0.1, 0.15) is 17.7 Å². The molecule has 1 aromatic rings. The Bertz CT molecular complexity index is 635. The van der Waals surface area contributed by atoms with Crippen molar-refractivity contribution in [2.45, 2.75) is 57.8 Å². The van der Waals surface area contributed by atoms with E-state index in [1.54, 1.807) is 12.3 Å². The molecule has 6 nitrogen and oxygen atoms in total. The van der Waals surface area contributed by atoms with Crippen LogP contribution in [0, 0.1) is 11.3 Å². The molecule has 24 heavy (non-hydrogen) atoms. The van der Waals surface area contributed by atoms with E-state index in [4.69, 9.17) is 14.0 Å². The molecule has 2 aliphatic rings. The molecule has 0 spiro atoms. The van der Waals surface area contributed by atoms with Gasteiger partial charge in [-0.2, -0.15) is 5.26 Å². The lowest BCUT2D eigenvalue weighted by atomic mass is 9.80. The minimum Gasteiger partial charge on any atom is -0.472 e. The molecular weight excluding hydrogens is 305 g/mol. The van der Waals surface area contributed by atoms with Crippen LogP contribution in [0.3, 0.4) is 0 Å². The molecule has 0 radical (unpaired) electrons. The van der Waals surface area contributed by atoms with Crippen LogP contribution in [0.1, 0.15) is 46.1 Å². The van der Waals surface area contributed by atoms with Crippen molar-refractivity contribution in [3.8, 4) is 11.9 Å². The van der Waals surface area contributed by atoms with Crippen LogP contribution in [0.15, 0.2) is 12.3 Å². The minimum absolute atomic E-state index is 0.0565. The van der Waals surface area contributed by atoms with Crippen molar-refractivity contribution in [3.63, 3.8) is 0 Å². The van der Waals surface area contributed by atoms with Gasteiger partial charge in [0, 0.05) is 18.2 Å². The highest BCUT2D eigenvalue weighted by atomic mass is 16.7. The SMILES string of the molecule is CC1(C)OB(c2cnc(O[C@H]3CCCNC3)c(C#N)c2)OC1(C)C. The molecule has 0 aromatic carbocycles. The second-order valence-electron chi connectivity index (χ2n) is 7.41. The van der Waals surface area contributed by atoms with E-state index in [1.165, 1.54) is 0 Å². The monoisotopic (exact) mass is 329 g/mol. The highest BCUT2D eigenvalue weighted by Crippen LogP contribution is 2.36. The van der Waals surface area contributed by atoms with Crippen molar-refractivity contribution in [2.75, 3.05) is 13.1 Å². The summed E-state index contributed by atoms with van der Waals surface area (Å²) in [6, 6.07) is 3.92. The van der Waals surface area contributed by atoms with Gasteiger partial charge in [-0.05, 0) is 53.1 Å². The molecule has 0 saturated carbocycles. The van der Waals surface area contributed by atoms with E-state index in [0.717, 1.165) is 31.4 Å². The zero-order valence-corrected chi connectivity index (χ0v) is 14.8. The number of hydrogen-bond donors (Lipinski definition) is 1. The van der Waals surface area contributed by atoms with Crippen LogP contribution in [-0.2, 0) is 9.31 Å². The molecule has 2 saturated heterocycles. The Hall–Kier alpha value is -1.62. The highest BCUT2D eigenvalue weighted by Gasteiger charge is 2.51. The first-order chi connectivity index (χ1) is 11.3. The van der Waals surface area contributed by atoms with Crippen LogP contribution in [0.2, 0.25) is 0 Å². The normalized spacial score (nSPS) is 25.3. The highest BCUT2D eigenvalue weighted by molar-refractivity contribution is 6.62. The molecular formula is C17H24BN3O3. The molecule has 0 amide bonds. The minimum atomic E-state index is -0.528. The number of ether oxygens (including phenoxy) is 1. The van der Waals surface area contributed by atoms with Crippen LogP contribution in [0.5, 0.6) is 5.88 Å². The largest absolute Gasteiger partial charge is 0.496 e. The lowest BCUT2D eigenvalue weighted by Crippen LogP contribution is -2.41. The van der Waals surface area contributed by atoms with E-state index >= 15 is 0 Å². The number of nitrogens with one attached hydrogen (secondary N) is 1. The van der Waals surface area contributed by atoms with Crippen LogP contribution < -0.4 is 15.5 Å². The van der Waals surface area contributed by atoms with Crippen molar-refractivity contribution in [1.29, 1.82) is 5.26 Å². The topological polar surface area (TPSA) is 76.4 Å². The van der Waals surface area contributed by atoms with Crippen molar-refractivity contribution >= 4 is 12.6 Å². The maximum atomic E-state index is 9.45. The molecule has 1 N–H and O–H groups in total. The van der Waals surface area contributed by atoms with Gasteiger partial charge in [0.25, 0.3) is 0 Å². The predicted octanol–water partition coefficient (Wildman–Crippen LogP) is 1.38. The van der Waals surface area contributed by atoms with Gasteiger partial charge in [0.05, 0.1) is 11.2 Å². The Morgan fingerprint density at radius 3 is 2.62 bits per heavy atom. The zero-order valence-electron chi connectivity index (χ0n) is 14.8. The molecule has 2 aliphatic heterocycles. The Kier molecular flexibility index (Phi) is 4.56. The number of rotatable bonds is 3. The Balaban J connectivity index is 1.78. The first-order valence-electron chi connectivity index (χ1n) is 8.45. The third-order valence-electron chi connectivity index (χ3n) is 5.05. The van der Waals surface area contributed by atoms with Crippen LogP contribution in [0.4, 0.5) is 0 Å². The molecule has 128 valence electrons. The van der Waals surface area contributed by atoms with Gasteiger partial charge in [-0.1, -0.05) is 0 Å². The van der Waals surface area contributed by atoms with Gasteiger partial charge in [0.15, 0.2) is 0 Å². The summed E-state index contributed by atoms with van der Waals surface area (Å²) in [6.45, 7) is 9.79. The number of aromatic nitrogens is 1. The van der Waals surface area contributed by atoms with Crippen LogP contribution in [-0.4, -0.2) is 42.5 Å². The van der Waals surface area contributed by atoms with Gasteiger partial charge in [-0.25, -0.2) is 4.98 Å². The van der Waals surface area contributed by atoms with Crippen LogP contribution in [0.25, 0.3) is 0 Å². The standard InChI is InChI=1S/C17H24BN3O3/c1-16(2)17(3,4)24-18(23-16)13-8-12(9-19)15(21-10-13)22-14-6-5-7-20-11-14/h8,10,14,20H,5-7,11H2,1-4H3/t14-/m0/s1. The number of pyridine rings is 1. The van der Waals surface area contributed by atoms with Gasteiger partial charge in [0.2, 0.25) is 5.88 Å². The summed E-state index contributed by atoms with van der Waals surface area (Å²) in [5, 5.41) is 12.7. The first-order valence-corrected chi connectivity index (χ1v) is 8.45. The number of nitriles is 1. The third kappa shape index (κ3) is 3.27. The smallest absolute Gasteiger partial charge is 0.472 e. The second-order valence-corrected chi connectivity index (χ2v) is 7.41. The van der Waals surface area contributed by atoms with E-state index in [0.29, 0.717) is 11.4 Å². The quantitative estimate of drug-likeness (QED) is 0.845. The lowest BCUT2D eigenvalue weighted by molar-refractivity contribution is 0.00578. The third-order valence-corrected chi connectivity index (χ3v) is 5.05. The summed E-state index contributed by atoms with van der Waals surface area (Å²) in [6.07, 6.45) is 3.77. The van der Waals surface area contributed by atoms with Crippen molar-refractivity contribution in [1.82, 2.24) is 10.3 Å². The molecule has 0 unspecified atom stereocenters. The number of piperidine rings is 1. The second kappa shape index (κ2) is 6.36. The average Bonchev–Trinajstić information content (AvgIpc) is 2.77. The molecule has 7 heteroatoms. The van der Waals surface area contributed by atoms with E-state index in [2.05, 4.69) is 16.4 Å². The molecule has 3 rings (SSSR count). The van der Waals surface area contributed by atoms with E-state index in [9.17, 15) is 5.26 Å². The molecule has 0 aliphatic carbocycles. The molecule has 1 atom stereocenters. The Morgan fingerprint density at radius 1 is 1.33 bits per heavy atom. The first kappa shape index (κ1) is 17.2. The Morgan fingerprint density at radius 2 is 2.04 bits per heavy atom. The maximum absolute atomic E-state index is 9.45. The summed E-state index contributed by atoms with van der Waals surface area (Å²) >= 11 is 0. The van der Waals surface area contributed by atoms with E-state index in [-0.39, 0.29) is 6.10 Å². The Labute approximate surface area is 143 Å². The van der Waals surface area contributed by atoms with Crippen molar-refractivity contribution in [2.24, 2.45) is 0 Å². The van der Waals surface area contributed by atoms with Gasteiger partial charge in [-0.3, -0.25) is 0 Å². The van der Waals surface area contributed by atoms with E-state index in [1.807, 2.05) is 27.7 Å². The van der Waals surface area contributed by atoms with Gasteiger partial charge in [-0.15, -0.1) is 0 Å². The lowest BCUT2D eigenvalue weighted by Gasteiger charge is -2.32. The summed E-state index contributed by atoms with van der Waals surface area (Å²) in [5.74, 6) is 0.381. The predicted molar refractivity (Wildman–Crippen MR) is 91.2 cm³/mol. The average molecular weight is 329 g/mol. The fourth-order valence-electron chi connectivity index (χ4n) is 2.83. The molecule has 3 heterocycles. The molecule has 2 fully saturated rings. The van der Waals surface area contributed by atoms with Crippen molar-refractivity contribution in [3.05, 3.63) is 17.8 Å². The summed E-state index contributed by atoms with van der Waals surface area (Å²) in [4.78, 5) is 4.35. The summed E-state index contributed by atoms with van der Waals surface area (Å²) in [5.41, 5.74) is 0.299. The number of hydrogen-bond acceptors (Lipinski definition) is 6. The van der Waals surface area contributed by atoms with Gasteiger partial charge < -0.3 is 19.4 Å². The van der Waals surface area contributed by atoms with Crippen molar-refractivity contribution < 1.29 is 14.0 Å².